The van der Waals surface area contributed by atoms with Crippen LogP contribution in [0.3, 0.4) is 0 Å². The van der Waals surface area contributed by atoms with Crippen molar-refractivity contribution in [2.45, 2.75) is 24.0 Å². The molecule has 0 aromatic carbocycles. The number of hydrogen-bond acceptors (Lipinski definition) is 5. The van der Waals surface area contributed by atoms with E-state index in [1.807, 2.05) is 0 Å². The molecule has 0 atom stereocenters. The van der Waals surface area contributed by atoms with Crippen molar-refractivity contribution in [2.24, 2.45) is 5.14 Å². The summed E-state index contributed by atoms with van der Waals surface area (Å²) in [4.78, 5) is 3.89. The standard InChI is InChI=1S/C9H13N3O3S/c1-11-9-7(15-6-2-3-6)4-5-8(12-9)16(10,13)14/h4-6H,2-3H2,1H3,(H,11,12)(H2,10,13,14). The van der Waals surface area contributed by atoms with E-state index in [1.54, 1.807) is 13.1 Å². The number of nitrogens with zero attached hydrogens (tertiary/aromatic N) is 1. The molecule has 1 aromatic heterocycles. The SMILES string of the molecule is CNc1nc(S(N)(=O)=O)ccc1OC1CC1. The molecular formula is C9H13N3O3S. The molecule has 0 unspecified atom stereocenters. The summed E-state index contributed by atoms with van der Waals surface area (Å²) < 4.78 is 27.7. The van der Waals surface area contributed by atoms with E-state index in [9.17, 15) is 8.42 Å². The summed E-state index contributed by atoms with van der Waals surface area (Å²) in [6.45, 7) is 0. The Balaban J connectivity index is 2.33. The zero-order valence-corrected chi connectivity index (χ0v) is 9.62. The van der Waals surface area contributed by atoms with E-state index in [0.29, 0.717) is 11.6 Å². The molecule has 2 rings (SSSR count). The molecule has 3 N–H and O–H groups in total. The van der Waals surface area contributed by atoms with Gasteiger partial charge in [0.2, 0.25) is 0 Å². The predicted molar refractivity (Wildman–Crippen MR) is 58.8 cm³/mol. The smallest absolute Gasteiger partial charge is 0.255 e. The minimum Gasteiger partial charge on any atom is -0.487 e. The van der Waals surface area contributed by atoms with Crippen LogP contribution in [0.1, 0.15) is 12.8 Å². The Morgan fingerprint density at radius 3 is 2.69 bits per heavy atom. The number of rotatable bonds is 4. The number of pyridine rings is 1. The number of nitrogens with one attached hydrogen (secondary N) is 1. The van der Waals surface area contributed by atoms with Crippen LogP contribution in [0.25, 0.3) is 0 Å². The summed E-state index contributed by atoms with van der Waals surface area (Å²) in [5.74, 6) is 0.941. The molecule has 0 saturated heterocycles. The fourth-order valence-corrected chi connectivity index (χ4v) is 1.70. The molecule has 1 aromatic rings. The lowest BCUT2D eigenvalue weighted by Gasteiger charge is -2.10. The number of primary sulfonamides is 1. The summed E-state index contributed by atoms with van der Waals surface area (Å²) >= 11 is 0. The normalized spacial score (nSPS) is 15.9. The quantitative estimate of drug-likeness (QED) is 0.793. The Morgan fingerprint density at radius 1 is 1.50 bits per heavy atom. The Kier molecular flexibility index (Phi) is 2.73. The van der Waals surface area contributed by atoms with Crippen LogP contribution in [0.15, 0.2) is 17.2 Å². The molecule has 0 aliphatic heterocycles. The highest BCUT2D eigenvalue weighted by molar-refractivity contribution is 7.89. The van der Waals surface area contributed by atoms with Crippen LogP contribution in [-0.4, -0.2) is 26.6 Å². The minimum atomic E-state index is -3.77. The Bertz CT molecular complexity index is 497. The molecule has 0 amide bonds. The van der Waals surface area contributed by atoms with Crippen molar-refractivity contribution >= 4 is 15.8 Å². The third kappa shape index (κ3) is 2.42. The van der Waals surface area contributed by atoms with Crippen molar-refractivity contribution in [2.75, 3.05) is 12.4 Å². The molecule has 6 nitrogen and oxygen atoms in total. The number of aromatic nitrogens is 1. The van der Waals surface area contributed by atoms with Crippen molar-refractivity contribution in [1.82, 2.24) is 4.98 Å². The van der Waals surface area contributed by atoms with E-state index in [0.717, 1.165) is 12.8 Å². The first-order valence-corrected chi connectivity index (χ1v) is 6.43. The second-order valence-electron chi connectivity index (χ2n) is 3.61. The van der Waals surface area contributed by atoms with Crippen LogP contribution < -0.4 is 15.2 Å². The summed E-state index contributed by atoms with van der Waals surface area (Å²) in [6, 6.07) is 2.91. The Morgan fingerprint density at radius 2 is 2.19 bits per heavy atom. The summed E-state index contributed by atoms with van der Waals surface area (Å²) in [6.07, 6.45) is 2.29. The molecule has 0 bridgehead atoms. The third-order valence-electron chi connectivity index (χ3n) is 2.18. The topological polar surface area (TPSA) is 94.3 Å². The zero-order chi connectivity index (χ0) is 11.8. The number of nitrogens with two attached hydrogens (primary N) is 1. The van der Waals surface area contributed by atoms with Crippen LogP contribution in [0.5, 0.6) is 5.75 Å². The lowest BCUT2D eigenvalue weighted by atomic mass is 10.4. The molecule has 0 spiro atoms. The Hall–Kier alpha value is -1.34. The lowest BCUT2D eigenvalue weighted by molar-refractivity contribution is 0.303. The average Bonchev–Trinajstić information content (AvgIpc) is 3.00. The molecule has 1 aliphatic rings. The second kappa shape index (κ2) is 3.91. The van der Waals surface area contributed by atoms with Gasteiger partial charge in [0.05, 0.1) is 6.10 Å². The minimum absolute atomic E-state index is 0.167. The molecule has 0 radical (unpaired) electrons. The summed E-state index contributed by atoms with van der Waals surface area (Å²) in [5.41, 5.74) is 0. The monoisotopic (exact) mass is 243 g/mol. The van der Waals surface area contributed by atoms with E-state index in [-0.39, 0.29) is 11.1 Å². The Labute approximate surface area is 93.9 Å². The van der Waals surface area contributed by atoms with Gasteiger partial charge in [-0.2, -0.15) is 0 Å². The highest BCUT2D eigenvalue weighted by Crippen LogP contribution is 2.31. The van der Waals surface area contributed by atoms with Crippen molar-refractivity contribution in [3.05, 3.63) is 12.1 Å². The highest BCUT2D eigenvalue weighted by atomic mass is 32.2. The van der Waals surface area contributed by atoms with Gasteiger partial charge in [0, 0.05) is 7.05 Å². The van der Waals surface area contributed by atoms with Crippen molar-refractivity contribution in [3.63, 3.8) is 0 Å². The number of anilines is 1. The van der Waals surface area contributed by atoms with Gasteiger partial charge >= 0.3 is 0 Å². The van der Waals surface area contributed by atoms with Gasteiger partial charge in [0.15, 0.2) is 16.6 Å². The second-order valence-corrected chi connectivity index (χ2v) is 5.12. The molecule has 16 heavy (non-hydrogen) atoms. The highest BCUT2D eigenvalue weighted by Gasteiger charge is 2.25. The van der Waals surface area contributed by atoms with Gasteiger partial charge in [-0.25, -0.2) is 18.5 Å². The van der Waals surface area contributed by atoms with Crippen molar-refractivity contribution in [3.8, 4) is 5.75 Å². The maximum atomic E-state index is 11.1. The molecule has 88 valence electrons. The van der Waals surface area contributed by atoms with Crippen molar-refractivity contribution < 1.29 is 13.2 Å². The maximum absolute atomic E-state index is 11.1. The molecular weight excluding hydrogens is 230 g/mol. The first-order chi connectivity index (χ1) is 7.50. The van der Waals surface area contributed by atoms with Crippen molar-refractivity contribution in [1.29, 1.82) is 0 Å². The number of sulfonamides is 1. The maximum Gasteiger partial charge on any atom is 0.255 e. The van der Waals surface area contributed by atoms with E-state index >= 15 is 0 Å². The third-order valence-corrected chi connectivity index (χ3v) is 2.99. The van der Waals surface area contributed by atoms with Crippen LogP contribution in [0.2, 0.25) is 0 Å². The number of ether oxygens (including phenoxy) is 1. The van der Waals surface area contributed by atoms with E-state index in [4.69, 9.17) is 9.88 Å². The largest absolute Gasteiger partial charge is 0.487 e. The summed E-state index contributed by atoms with van der Waals surface area (Å²) in [7, 11) is -2.12. The van der Waals surface area contributed by atoms with Gasteiger partial charge in [-0.05, 0) is 25.0 Å². The average molecular weight is 243 g/mol. The van der Waals surface area contributed by atoms with Crippen LogP contribution in [0, 0.1) is 0 Å². The lowest BCUT2D eigenvalue weighted by Crippen LogP contribution is -2.15. The zero-order valence-electron chi connectivity index (χ0n) is 8.80. The van der Waals surface area contributed by atoms with Gasteiger partial charge < -0.3 is 10.1 Å². The van der Waals surface area contributed by atoms with Gasteiger partial charge in [-0.3, -0.25) is 0 Å². The van der Waals surface area contributed by atoms with Gasteiger partial charge in [0.25, 0.3) is 10.0 Å². The predicted octanol–water partition coefficient (Wildman–Crippen LogP) is 0.312. The summed E-state index contributed by atoms with van der Waals surface area (Å²) in [5, 5.41) is 7.60. The molecule has 1 fully saturated rings. The molecule has 1 heterocycles. The fourth-order valence-electron chi connectivity index (χ4n) is 1.23. The van der Waals surface area contributed by atoms with E-state index in [2.05, 4.69) is 10.3 Å². The van der Waals surface area contributed by atoms with Crippen LogP contribution in [0.4, 0.5) is 5.82 Å². The first kappa shape index (κ1) is 11.2. The first-order valence-electron chi connectivity index (χ1n) is 4.89. The van der Waals surface area contributed by atoms with Gasteiger partial charge in [-0.15, -0.1) is 0 Å². The van der Waals surface area contributed by atoms with Crippen LogP contribution >= 0.6 is 0 Å². The molecule has 1 saturated carbocycles. The van der Waals surface area contributed by atoms with E-state index in [1.165, 1.54) is 6.07 Å². The molecule has 7 heteroatoms. The van der Waals surface area contributed by atoms with Gasteiger partial charge in [0.1, 0.15) is 0 Å². The van der Waals surface area contributed by atoms with Crippen LogP contribution in [-0.2, 0) is 10.0 Å². The van der Waals surface area contributed by atoms with E-state index < -0.39 is 10.0 Å². The fraction of sp³-hybridized carbons (Fsp3) is 0.444. The number of hydrogen-bond donors (Lipinski definition) is 2. The van der Waals surface area contributed by atoms with Gasteiger partial charge in [-0.1, -0.05) is 0 Å². The molecule has 1 aliphatic carbocycles.